The molecule has 13 heavy (non-hydrogen) atoms. The molecule has 0 aromatic heterocycles. The SMILES string of the molecule is CCC1CC(C)=CCC(C)C=C1C. The summed E-state index contributed by atoms with van der Waals surface area (Å²) in [6.07, 6.45) is 8.64. The van der Waals surface area contributed by atoms with E-state index < -0.39 is 0 Å². The molecule has 0 bridgehead atoms. The van der Waals surface area contributed by atoms with E-state index >= 15 is 0 Å². The topological polar surface area (TPSA) is 0 Å². The molecule has 0 aliphatic heterocycles. The zero-order valence-corrected chi connectivity index (χ0v) is 9.43. The molecule has 0 aromatic rings. The van der Waals surface area contributed by atoms with Crippen molar-refractivity contribution in [2.24, 2.45) is 11.8 Å². The van der Waals surface area contributed by atoms with E-state index in [2.05, 4.69) is 39.8 Å². The molecule has 0 amide bonds. The third kappa shape index (κ3) is 3.02. The minimum absolute atomic E-state index is 0.726. The Hall–Kier alpha value is -0.520. The summed E-state index contributed by atoms with van der Waals surface area (Å²) in [5.41, 5.74) is 3.17. The van der Waals surface area contributed by atoms with Gasteiger partial charge >= 0.3 is 0 Å². The summed E-state index contributed by atoms with van der Waals surface area (Å²) >= 11 is 0. The van der Waals surface area contributed by atoms with E-state index in [1.54, 1.807) is 11.1 Å². The van der Waals surface area contributed by atoms with Gasteiger partial charge < -0.3 is 0 Å². The van der Waals surface area contributed by atoms with E-state index in [1.807, 2.05) is 0 Å². The zero-order chi connectivity index (χ0) is 9.84. The molecule has 2 atom stereocenters. The highest BCUT2D eigenvalue weighted by Gasteiger charge is 2.12. The van der Waals surface area contributed by atoms with Crippen LogP contribution in [0.25, 0.3) is 0 Å². The van der Waals surface area contributed by atoms with Crippen molar-refractivity contribution < 1.29 is 0 Å². The third-order valence-electron chi connectivity index (χ3n) is 3.09. The van der Waals surface area contributed by atoms with Crippen LogP contribution >= 0.6 is 0 Å². The first-order valence-corrected chi connectivity index (χ1v) is 5.47. The second-order valence-electron chi connectivity index (χ2n) is 4.48. The normalized spacial score (nSPS) is 30.2. The van der Waals surface area contributed by atoms with Crippen molar-refractivity contribution in [3.05, 3.63) is 23.3 Å². The van der Waals surface area contributed by atoms with E-state index in [0.717, 1.165) is 11.8 Å². The molecule has 0 heteroatoms. The van der Waals surface area contributed by atoms with Crippen molar-refractivity contribution in [2.45, 2.75) is 47.0 Å². The van der Waals surface area contributed by atoms with E-state index in [1.165, 1.54) is 19.3 Å². The van der Waals surface area contributed by atoms with Crippen LogP contribution in [-0.2, 0) is 0 Å². The van der Waals surface area contributed by atoms with E-state index in [-0.39, 0.29) is 0 Å². The quantitative estimate of drug-likeness (QED) is 0.524. The summed E-state index contributed by atoms with van der Waals surface area (Å²) < 4.78 is 0. The Morgan fingerprint density at radius 1 is 1.38 bits per heavy atom. The molecule has 74 valence electrons. The number of hydrogen-bond donors (Lipinski definition) is 0. The van der Waals surface area contributed by atoms with Crippen LogP contribution in [0.1, 0.15) is 47.0 Å². The first-order valence-electron chi connectivity index (χ1n) is 5.47. The minimum atomic E-state index is 0.726. The van der Waals surface area contributed by atoms with Gasteiger partial charge in [-0.3, -0.25) is 0 Å². The zero-order valence-electron chi connectivity index (χ0n) is 9.43. The number of rotatable bonds is 1. The highest BCUT2D eigenvalue weighted by molar-refractivity contribution is 5.14. The Bertz CT molecular complexity index is 220. The molecule has 0 N–H and O–H groups in total. The molecule has 0 fully saturated rings. The standard InChI is InChI=1S/C13H22/c1-5-13-9-11(3)7-6-10(2)8-12(13)4/h7-8,10,13H,5-6,9H2,1-4H3. The van der Waals surface area contributed by atoms with Gasteiger partial charge in [0.25, 0.3) is 0 Å². The molecular formula is C13H22. The van der Waals surface area contributed by atoms with Gasteiger partial charge in [0.15, 0.2) is 0 Å². The lowest BCUT2D eigenvalue weighted by molar-refractivity contribution is 0.561. The summed E-state index contributed by atoms with van der Waals surface area (Å²) in [6, 6.07) is 0. The van der Waals surface area contributed by atoms with Crippen molar-refractivity contribution in [1.29, 1.82) is 0 Å². The van der Waals surface area contributed by atoms with Gasteiger partial charge in [0.1, 0.15) is 0 Å². The van der Waals surface area contributed by atoms with Gasteiger partial charge in [0.05, 0.1) is 0 Å². The van der Waals surface area contributed by atoms with E-state index in [9.17, 15) is 0 Å². The summed E-state index contributed by atoms with van der Waals surface area (Å²) in [5.74, 6) is 1.52. The van der Waals surface area contributed by atoms with Crippen molar-refractivity contribution in [1.82, 2.24) is 0 Å². The second kappa shape index (κ2) is 4.64. The molecule has 0 nitrogen and oxygen atoms in total. The smallest absolute Gasteiger partial charge is 0.0171 e. The van der Waals surface area contributed by atoms with Crippen LogP contribution in [0.2, 0.25) is 0 Å². The summed E-state index contributed by atoms with van der Waals surface area (Å²) in [4.78, 5) is 0. The van der Waals surface area contributed by atoms with Gasteiger partial charge in [-0.05, 0) is 44.9 Å². The first-order chi connectivity index (χ1) is 6.13. The summed E-state index contributed by atoms with van der Waals surface area (Å²) in [7, 11) is 0. The van der Waals surface area contributed by atoms with Crippen LogP contribution in [0.4, 0.5) is 0 Å². The molecule has 1 aliphatic rings. The lowest BCUT2D eigenvalue weighted by Gasteiger charge is -2.20. The summed E-state index contributed by atoms with van der Waals surface area (Å²) in [5, 5.41) is 0. The molecule has 0 spiro atoms. The lowest BCUT2D eigenvalue weighted by Crippen LogP contribution is -2.06. The number of hydrogen-bond acceptors (Lipinski definition) is 0. The Morgan fingerprint density at radius 2 is 2.08 bits per heavy atom. The predicted molar refractivity (Wildman–Crippen MR) is 59.7 cm³/mol. The van der Waals surface area contributed by atoms with Gasteiger partial charge in [-0.2, -0.15) is 0 Å². The summed E-state index contributed by atoms with van der Waals surface area (Å²) in [6.45, 7) is 9.17. The Kier molecular flexibility index (Phi) is 3.77. The molecule has 1 rings (SSSR count). The fourth-order valence-corrected chi connectivity index (χ4v) is 2.14. The van der Waals surface area contributed by atoms with Crippen LogP contribution < -0.4 is 0 Å². The number of allylic oxidation sites excluding steroid dienone is 4. The average molecular weight is 178 g/mol. The average Bonchev–Trinajstić information content (AvgIpc) is 2.08. The van der Waals surface area contributed by atoms with E-state index in [0.29, 0.717) is 0 Å². The minimum Gasteiger partial charge on any atom is -0.0850 e. The third-order valence-corrected chi connectivity index (χ3v) is 3.09. The molecule has 0 saturated carbocycles. The Labute approximate surface area is 82.7 Å². The highest BCUT2D eigenvalue weighted by Crippen LogP contribution is 2.27. The van der Waals surface area contributed by atoms with Crippen molar-refractivity contribution in [3.8, 4) is 0 Å². The highest BCUT2D eigenvalue weighted by atomic mass is 14.2. The molecule has 0 aromatic carbocycles. The lowest BCUT2D eigenvalue weighted by atomic mass is 9.85. The van der Waals surface area contributed by atoms with E-state index in [4.69, 9.17) is 0 Å². The van der Waals surface area contributed by atoms with Gasteiger partial charge in [0, 0.05) is 0 Å². The molecule has 0 radical (unpaired) electrons. The molecule has 1 aliphatic carbocycles. The molecular weight excluding hydrogens is 156 g/mol. The molecule has 0 saturated heterocycles. The van der Waals surface area contributed by atoms with Gasteiger partial charge in [-0.1, -0.05) is 37.1 Å². The van der Waals surface area contributed by atoms with Crippen LogP contribution in [0.5, 0.6) is 0 Å². The Balaban J connectivity index is 2.79. The van der Waals surface area contributed by atoms with Crippen LogP contribution in [-0.4, -0.2) is 0 Å². The second-order valence-corrected chi connectivity index (χ2v) is 4.48. The molecule has 2 unspecified atom stereocenters. The maximum absolute atomic E-state index is 2.46. The van der Waals surface area contributed by atoms with Crippen LogP contribution in [0.3, 0.4) is 0 Å². The fraction of sp³-hybridized carbons (Fsp3) is 0.692. The monoisotopic (exact) mass is 178 g/mol. The van der Waals surface area contributed by atoms with Crippen LogP contribution in [0, 0.1) is 11.8 Å². The van der Waals surface area contributed by atoms with Gasteiger partial charge in [-0.15, -0.1) is 0 Å². The van der Waals surface area contributed by atoms with Crippen molar-refractivity contribution >= 4 is 0 Å². The Morgan fingerprint density at radius 3 is 2.69 bits per heavy atom. The predicted octanol–water partition coefficient (Wildman–Crippen LogP) is 4.34. The van der Waals surface area contributed by atoms with Crippen molar-refractivity contribution in [2.75, 3.05) is 0 Å². The van der Waals surface area contributed by atoms with Crippen LogP contribution in [0.15, 0.2) is 23.3 Å². The largest absolute Gasteiger partial charge is 0.0850 e. The fourth-order valence-electron chi connectivity index (χ4n) is 2.14. The van der Waals surface area contributed by atoms with Gasteiger partial charge in [0.2, 0.25) is 0 Å². The maximum atomic E-state index is 2.46. The first kappa shape index (κ1) is 10.6. The van der Waals surface area contributed by atoms with Gasteiger partial charge in [-0.25, -0.2) is 0 Å². The molecule has 0 heterocycles. The van der Waals surface area contributed by atoms with Crippen molar-refractivity contribution in [3.63, 3.8) is 0 Å². The maximum Gasteiger partial charge on any atom is -0.0171 e.